The molecule has 136 valence electrons. The molecule has 0 bridgehead atoms. The summed E-state index contributed by atoms with van der Waals surface area (Å²) < 4.78 is 35.3. The van der Waals surface area contributed by atoms with Gasteiger partial charge in [0.05, 0.1) is 6.54 Å². The third kappa shape index (κ3) is 3.16. The number of nitrogens with zero attached hydrogens (tertiary/aromatic N) is 2. The second-order valence-electron chi connectivity index (χ2n) is 6.46. The fraction of sp³-hybridized carbons (Fsp3) is 0.136. The molecule has 27 heavy (non-hydrogen) atoms. The van der Waals surface area contributed by atoms with E-state index < -0.39 is 0 Å². The van der Waals surface area contributed by atoms with Crippen LogP contribution in [0.4, 0.5) is 8.78 Å². The summed E-state index contributed by atoms with van der Waals surface area (Å²) in [5, 5.41) is 0.996. The highest BCUT2D eigenvalue weighted by Gasteiger charge is 2.18. The predicted octanol–water partition coefficient (Wildman–Crippen LogP) is 5.77. The molecule has 0 aliphatic rings. The van der Waals surface area contributed by atoms with Gasteiger partial charge in [-0.25, -0.2) is 13.8 Å². The van der Waals surface area contributed by atoms with Crippen LogP contribution >= 0.6 is 0 Å². The molecule has 2 aromatic carbocycles. The average molecular weight is 364 g/mol. The molecule has 0 spiro atoms. The summed E-state index contributed by atoms with van der Waals surface area (Å²) in [6.07, 6.45) is 1.68. The van der Waals surface area contributed by atoms with Gasteiger partial charge in [0.1, 0.15) is 22.9 Å². The number of hydrogen-bond acceptors (Lipinski definition) is 2. The molecule has 0 saturated carbocycles. The van der Waals surface area contributed by atoms with E-state index in [1.54, 1.807) is 30.5 Å². The number of halogens is 2. The molecule has 0 unspecified atom stereocenters. The number of aryl methyl sites for hydroxylation is 1. The van der Waals surface area contributed by atoms with Gasteiger partial charge < -0.3 is 9.30 Å². The zero-order valence-electron chi connectivity index (χ0n) is 15.0. The van der Waals surface area contributed by atoms with Gasteiger partial charge in [-0.15, -0.1) is 0 Å². The maximum absolute atomic E-state index is 14.2. The Morgan fingerprint density at radius 2 is 1.70 bits per heavy atom. The third-order valence-corrected chi connectivity index (χ3v) is 4.83. The lowest BCUT2D eigenvalue weighted by atomic mass is 10.2. The summed E-state index contributed by atoms with van der Waals surface area (Å²) in [7, 11) is 0. The van der Waals surface area contributed by atoms with Gasteiger partial charge in [0, 0.05) is 22.8 Å². The van der Waals surface area contributed by atoms with Gasteiger partial charge in [0.15, 0.2) is 0 Å². The first-order chi connectivity index (χ1) is 13.0. The Hall–Kier alpha value is -3.21. The Morgan fingerprint density at radius 1 is 0.963 bits per heavy atom. The predicted molar refractivity (Wildman–Crippen MR) is 101 cm³/mol. The number of rotatable bonds is 4. The van der Waals surface area contributed by atoms with Crippen molar-refractivity contribution in [2.24, 2.45) is 0 Å². The van der Waals surface area contributed by atoms with Crippen LogP contribution in [0, 0.1) is 25.5 Å². The first-order valence-corrected chi connectivity index (χ1v) is 8.66. The highest BCUT2D eigenvalue weighted by Crippen LogP contribution is 2.34. The van der Waals surface area contributed by atoms with Crippen molar-refractivity contribution in [3.8, 4) is 11.6 Å². The molecule has 0 atom stereocenters. The zero-order valence-corrected chi connectivity index (χ0v) is 15.0. The molecule has 4 aromatic rings. The smallest absolute Gasteiger partial charge is 0.244 e. The number of ether oxygens (including phenoxy) is 1. The van der Waals surface area contributed by atoms with Gasteiger partial charge in [-0.1, -0.05) is 18.2 Å². The molecular formula is C22H18F2N2O. The van der Waals surface area contributed by atoms with Crippen molar-refractivity contribution >= 4 is 10.9 Å². The van der Waals surface area contributed by atoms with Gasteiger partial charge in [-0.3, -0.25) is 0 Å². The number of fused-ring (bicyclic) bond motifs is 1. The number of benzene rings is 2. The molecule has 2 aromatic heterocycles. The zero-order chi connectivity index (χ0) is 19.0. The fourth-order valence-electron chi connectivity index (χ4n) is 3.25. The Kier molecular flexibility index (Phi) is 4.36. The number of aromatic nitrogens is 2. The molecule has 2 heterocycles. The summed E-state index contributed by atoms with van der Waals surface area (Å²) in [6.45, 7) is 4.39. The summed E-state index contributed by atoms with van der Waals surface area (Å²) in [4.78, 5) is 4.37. The maximum Gasteiger partial charge on any atom is 0.244 e. The van der Waals surface area contributed by atoms with E-state index in [1.165, 1.54) is 18.2 Å². The van der Waals surface area contributed by atoms with E-state index in [0.29, 0.717) is 23.7 Å². The van der Waals surface area contributed by atoms with Crippen LogP contribution in [0.5, 0.6) is 11.6 Å². The maximum atomic E-state index is 14.2. The monoisotopic (exact) mass is 364 g/mol. The average Bonchev–Trinajstić information content (AvgIpc) is 2.91. The Labute approximate surface area is 155 Å². The van der Waals surface area contributed by atoms with E-state index in [9.17, 15) is 8.78 Å². The van der Waals surface area contributed by atoms with Crippen molar-refractivity contribution in [1.82, 2.24) is 9.55 Å². The van der Waals surface area contributed by atoms with Crippen molar-refractivity contribution in [3.05, 3.63) is 89.2 Å². The van der Waals surface area contributed by atoms with Gasteiger partial charge in [0.2, 0.25) is 5.88 Å². The number of pyridine rings is 1. The van der Waals surface area contributed by atoms with Crippen LogP contribution in [-0.2, 0) is 6.54 Å². The van der Waals surface area contributed by atoms with Crippen LogP contribution in [0.1, 0.15) is 16.8 Å². The van der Waals surface area contributed by atoms with E-state index in [4.69, 9.17) is 4.74 Å². The molecule has 0 amide bonds. The van der Waals surface area contributed by atoms with E-state index in [2.05, 4.69) is 4.98 Å². The van der Waals surface area contributed by atoms with Crippen LogP contribution in [0.25, 0.3) is 10.9 Å². The standard InChI is InChI=1S/C22H18F2N2O/c1-14-15(2)26(13-16-5-3-4-6-20(16)24)21-19(14)11-12-25-22(21)27-18-9-7-17(23)8-10-18/h3-12H,13H2,1-2H3. The second-order valence-corrected chi connectivity index (χ2v) is 6.46. The molecule has 3 nitrogen and oxygen atoms in total. The SMILES string of the molecule is Cc1c(C)n(Cc2ccccc2F)c2c(Oc3ccc(F)cc3)nccc12. The van der Waals surface area contributed by atoms with Gasteiger partial charge in [-0.05, 0) is 55.8 Å². The van der Waals surface area contributed by atoms with Crippen LogP contribution in [0.2, 0.25) is 0 Å². The minimum absolute atomic E-state index is 0.249. The molecule has 4 rings (SSSR count). The van der Waals surface area contributed by atoms with Gasteiger partial charge >= 0.3 is 0 Å². The normalized spacial score (nSPS) is 11.1. The molecule has 5 heteroatoms. The molecule has 0 aliphatic heterocycles. The summed E-state index contributed by atoms with van der Waals surface area (Å²) in [6, 6.07) is 14.4. The molecular weight excluding hydrogens is 346 g/mol. The van der Waals surface area contributed by atoms with Crippen LogP contribution in [-0.4, -0.2) is 9.55 Å². The molecule has 0 saturated heterocycles. The lowest BCUT2D eigenvalue weighted by molar-refractivity contribution is 0.464. The lowest BCUT2D eigenvalue weighted by Crippen LogP contribution is -2.05. The van der Waals surface area contributed by atoms with Crippen molar-refractivity contribution in [2.75, 3.05) is 0 Å². The van der Waals surface area contributed by atoms with Crippen molar-refractivity contribution in [1.29, 1.82) is 0 Å². The molecule has 0 radical (unpaired) electrons. The summed E-state index contributed by atoms with van der Waals surface area (Å²) in [5.41, 5.74) is 3.49. The number of hydrogen-bond donors (Lipinski definition) is 0. The summed E-state index contributed by atoms with van der Waals surface area (Å²) >= 11 is 0. The van der Waals surface area contributed by atoms with E-state index in [1.807, 2.05) is 30.5 Å². The minimum Gasteiger partial charge on any atom is -0.437 e. The molecule has 0 fully saturated rings. The van der Waals surface area contributed by atoms with Crippen molar-refractivity contribution < 1.29 is 13.5 Å². The van der Waals surface area contributed by atoms with Crippen LogP contribution < -0.4 is 4.74 Å². The summed E-state index contributed by atoms with van der Waals surface area (Å²) in [5.74, 6) is 0.321. The van der Waals surface area contributed by atoms with Crippen molar-refractivity contribution in [2.45, 2.75) is 20.4 Å². The first kappa shape index (κ1) is 17.2. The van der Waals surface area contributed by atoms with Crippen LogP contribution in [0.3, 0.4) is 0 Å². The van der Waals surface area contributed by atoms with E-state index in [-0.39, 0.29) is 11.6 Å². The third-order valence-electron chi connectivity index (χ3n) is 4.83. The van der Waals surface area contributed by atoms with Gasteiger partial charge in [-0.2, -0.15) is 0 Å². The minimum atomic E-state index is -0.330. The Morgan fingerprint density at radius 3 is 2.44 bits per heavy atom. The second kappa shape index (κ2) is 6.83. The molecule has 0 N–H and O–H groups in total. The van der Waals surface area contributed by atoms with E-state index >= 15 is 0 Å². The highest BCUT2D eigenvalue weighted by atomic mass is 19.1. The fourth-order valence-corrected chi connectivity index (χ4v) is 3.25. The Balaban J connectivity index is 1.84. The van der Waals surface area contributed by atoms with Crippen LogP contribution in [0.15, 0.2) is 60.8 Å². The Bertz CT molecular complexity index is 1120. The topological polar surface area (TPSA) is 27.1 Å². The molecule has 0 aliphatic carbocycles. The van der Waals surface area contributed by atoms with E-state index in [0.717, 1.165) is 22.2 Å². The first-order valence-electron chi connectivity index (χ1n) is 8.66. The highest BCUT2D eigenvalue weighted by molar-refractivity contribution is 5.89. The quantitative estimate of drug-likeness (QED) is 0.459. The van der Waals surface area contributed by atoms with Crippen molar-refractivity contribution in [3.63, 3.8) is 0 Å². The lowest BCUT2D eigenvalue weighted by Gasteiger charge is -2.12. The largest absolute Gasteiger partial charge is 0.437 e. The van der Waals surface area contributed by atoms with Gasteiger partial charge in [0.25, 0.3) is 0 Å².